The Balaban J connectivity index is 1.98. The molecule has 0 bridgehead atoms. The molecule has 0 saturated heterocycles. The van der Waals surface area contributed by atoms with Crippen LogP contribution in [0.1, 0.15) is 16.3 Å². The minimum absolute atomic E-state index is 0.356. The lowest BCUT2D eigenvalue weighted by Crippen LogP contribution is -2.01. The Labute approximate surface area is 102 Å². The van der Waals surface area contributed by atoms with E-state index in [1.165, 1.54) is 25.1 Å². The fourth-order valence-electron chi connectivity index (χ4n) is 1.26. The number of hydrogen-bond donors (Lipinski definition) is 1. The number of aromatic nitrogens is 4. The molecule has 0 atom stereocenters. The Morgan fingerprint density at radius 2 is 2.41 bits per heavy atom. The van der Waals surface area contributed by atoms with Gasteiger partial charge in [-0.3, -0.25) is 0 Å². The van der Waals surface area contributed by atoms with Crippen LogP contribution in [0, 0.1) is 0 Å². The maximum atomic E-state index is 11.2. The Kier molecular flexibility index (Phi) is 3.48. The largest absolute Gasteiger partial charge is 0.464 e. The number of aromatic amines is 1. The first-order chi connectivity index (χ1) is 8.20. The van der Waals surface area contributed by atoms with Crippen molar-refractivity contribution in [3.05, 3.63) is 30.1 Å². The molecule has 2 rings (SSSR count). The standard InChI is InChI=1S/C10H12N4O2S/c1-14-4-3-11-8(14)6-17-10-12-5-7(13-10)9(15)16-2/h3-5H,6H2,1-2H3,(H,12,13). The third-order valence-electron chi connectivity index (χ3n) is 2.22. The van der Waals surface area contributed by atoms with Crippen molar-refractivity contribution < 1.29 is 9.53 Å². The molecule has 2 aromatic heterocycles. The number of aryl methyl sites for hydroxylation is 1. The number of nitrogens with zero attached hydrogens (tertiary/aromatic N) is 3. The van der Waals surface area contributed by atoms with Crippen LogP contribution in [0.2, 0.25) is 0 Å². The quantitative estimate of drug-likeness (QED) is 0.654. The van der Waals surface area contributed by atoms with Crippen molar-refractivity contribution in [2.24, 2.45) is 7.05 Å². The average molecular weight is 252 g/mol. The zero-order valence-electron chi connectivity index (χ0n) is 9.51. The number of ether oxygens (including phenoxy) is 1. The molecule has 0 saturated carbocycles. The molecule has 0 spiro atoms. The van der Waals surface area contributed by atoms with E-state index in [4.69, 9.17) is 0 Å². The Hall–Kier alpha value is -1.76. The predicted octanol–water partition coefficient (Wildman–Crippen LogP) is 1.22. The first-order valence-corrected chi connectivity index (χ1v) is 5.91. The number of esters is 1. The summed E-state index contributed by atoms with van der Waals surface area (Å²) in [7, 11) is 3.27. The van der Waals surface area contributed by atoms with Gasteiger partial charge in [0.05, 0.1) is 19.1 Å². The summed E-state index contributed by atoms with van der Waals surface area (Å²) in [6.45, 7) is 0. The van der Waals surface area contributed by atoms with Crippen molar-refractivity contribution in [3.8, 4) is 0 Å². The van der Waals surface area contributed by atoms with Crippen LogP contribution in [0.5, 0.6) is 0 Å². The molecule has 2 heterocycles. The highest BCUT2D eigenvalue weighted by atomic mass is 32.2. The highest BCUT2D eigenvalue weighted by Gasteiger charge is 2.10. The van der Waals surface area contributed by atoms with Crippen LogP contribution in [0.3, 0.4) is 0 Å². The monoisotopic (exact) mass is 252 g/mol. The lowest BCUT2D eigenvalue weighted by atomic mass is 10.5. The highest BCUT2D eigenvalue weighted by molar-refractivity contribution is 7.98. The van der Waals surface area contributed by atoms with E-state index in [0.29, 0.717) is 16.6 Å². The Bertz CT molecular complexity index is 520. The smallest absolute Gasteiger partial charge is 0.356 e. The number of carbonyl (C=O) groups excluding carboxylic acids is 1. The van der Waals surface area contributed by atoms with Gasteiger partial charge in [0.25, 0.3) is 0 Å². The van der Waals surface area contributed by atoms with Crippen molar-refractivity contribution in [2.75, 3.05) is 7.11 Å². The molecule has 2 aromatic rings. The first kappa shape index (κ1) is 11.7. The molecule has 1 N–H and O–H groups in total. The van der Waals surface area contributed by atoms with E-state index in [0.717, 1.165) is 5.82 Å². The van der Waals surface area contributed by atoms with Gasteiger partial charge in [0.2, 0.25) is 0 Å². The maximum Gasteiger partial charge on any atom is 0.356 e. The van der Waals surface area contributed by atoms with Gasteiger partial charge < -0.3 is 14.3 Å². The number of hydrogen-bond acceptors (Lipinski definition) is 5. The molecule has 0 aliphatic carbocycles. The van der Waals surface area contributed by atoms with Gasteiger partial charge in [-0.2, -0.15) is 0 Å². The second kappa shape index (κ2) is 5.05. The zero-order valence-corrected chi connectivity index (χ0v) is 10.3. The topological polar surface area (TPSA) is 72.8 Å². The third kappa shape index (κ3) is 2.68. The molecule has 6 nitrogen and oxygen atoms in total. The number of rotatable bonds is 4. The van der Waals surface area contributed by atoms with Crippen LogP contribution < -0.4 is 0 Å². The van der Waals surface area contributed by atoms with Gasteiger partial charge in [-0.05, 0) is 0 Å². The van der Waals surface area contributed by atoms with Crippen LogP contribution >= 0.6 is 11.8 Å². The lowest BCUT2D eigenvalue weighted by Gasteiger charge is -1.99. The summed E-state index contributed by atoms with van der Waals surface area (Å²) in [5, 5.41) is 0.674. The summed E-state index contributed by atoms with van der Waals surface area (Å²) >= 11 is 1.48. The van der Waals surface area contributed by atoms with E-state index in [-0.39, 0.29) is 0 Å². The Morgan fingerprint density at radius 3 is 3.06 bits per heavy atom. The van der Waals surface area contributed by atoms with Crippen LogP contribution in [-0.4, -0.2) is 32.6 Å². The Morgan fingerprint density at radius 1 is 1.59 bits per heavy atom. The number of H-pyrrole nitrogens is 1. The van der Waals surface area contributed by atoms with Crippen molar-refractivity contribution >= 4 is 17.7 Å². The molecule has 7 heteroatoms. The molecule has 17 heavy (non-hydrogen) atoms. The lowest BCUT2D eigenvalue weighted by molar-refractivity contribution is 0.0594. The average Bonchev–Trinajstić information content (AvgIpc) is 2.94. The van der Waals surface area contributed by atoms with Crippen LogP contribution in [0.4, 0.5) is 0 Å². The first-order valence-electron chi connectivity index (χ1n) is 4.93. The van der Waals surface area contributed by atoms with Gasteiger partial charge in [0.1, 0.15) is 11.5 Å². The minimum Gasteiger partial charge on any atom is -0.464 e. The van der Waals surface area contributed by atoms with Gasteiger partial charge in [-0.15, -0.1) is 0 Å². The molecule has 90 valence electrons. The number of methoxy groups -OCH3 is 1. The van der Waals surface area contributed by atoms with Crippen molar-refractivity contribution in [1.82, 2.24) is 19.5 Å². The number of thioether (sulfide) groups is 1. The molecule has 0 amide bonds. The van der Waals surface area contributed by atoms with Gasteiger partial charge in [0, 0.05) is 19.4 Å². The van der Waals surface area contributed by atoms with E-state index in [2.05, 4.69) is 19.7 Å². The van der Waals surface area contributed by atoms with Crippen molar-refractivity contribution in [3.63, 3.8) is 0 Å². The van der Waals surface area contributed by atoms with Gasteiger partial charge >= 0.3 is 5.97 Å². The van der Waals surface area contributed by atoms with Crippen LogP contribution in [-0.2, 0) is 17.5 Å². The number of carbonyl (C=O) groups is 1. The van der Waals surface area contributed by atoms with Gasteiger partial charge in [0.15, 0.2) is 5.16 Å². The molecule has 0 radical (unpaired) electrons. The molecular formula is C10H12N4O2S. The van der Waals surface area contributed by atoms with Crippen molar-refractivity contribution in [1.29, 1.82) is 0 Å². The second-order valence-corrected chi connectivity index (χ2v) is 4.30. The summed E-state index contributed by atoms with van der Waals surface area (Å²) in [6.07, 6.45) is 5.10. The highest BCUT2D eigenvalue weighted by Crippen LogP contribution is 2.18. The van der Waals surface area contributed by atoms with Crippen LogP contribution in [0.15, 0.2) is 23.7 Å². The summed E-state index contributed by atoms with van der Waals surface area (Å²) in [5.41, 5.74) is 0.356. The van der Waals surface area contributed by atoms with E-state index in [1.54, 1.807) is 6.20 Å². The molecule has 0 aromatic carbocycles. The van der Waals surface area contributed by atoms with Crippen molar-refractivity contribution in [2.45, 2.75) is 10.9 Å². The molecule has 0 aliphatic rings. The van der Waals surface area contributed by atoms with Gasteiger partial charge in [-0.1, -0.05) is 11.8 Å². The molecular weight excluding hydrogens is 240 g/mol. The fraction of sp³-hybridized carbons (Fsp3) is 0.300. The number of imidazole rings is 2. The summed E-state index contributed by atoms with van der Waals surface area (Å²) in [5.74, 6) is 1.23. The normalized spacial score (nSPS) is 10.5. The molecule has 0 unspecified atom stereocenters. The minimum atomic E-state index is -0.415. The molecule has 0 fully saturated rings. The van der Waals surface area contributed by atoms with Gasteiger partial charge in [-0.25, -0.2) is 14.8 Å². The predicted molar refractivity (Wildman–Crippen MR) is 62.7 cm³/mol. The zero-order chi connectivity index (χ0) is 12.3. The fourth-order valence-corrected chi connectivity index (χ4v) is 2.11. The van der Waals surface area contributed by atoms with E-state index in [9.17, 15) is 4.79 Å². The SMILES string of the molecule is COC(=O)c1cnc(SCc2nccn2C)[nH]1. The van der Waals surface area contributed by atoms with Crippen LogP contribution in [0.25, 0.3) is 0 Å². The van der Waals surface area contributed by atoms with E-state index < -0.39 is 5.97 Å². The summed E-state index contributed by atoms with van der Waals surface area (Å²) in [6, 6.07) is 0. The molecule has 0 aliphatic heterocycles. The summed E-state index contributed by atoms with van der Waals surface area (Å²) < 4.78 is 6.52. The number of nitrogens with one attached hydrogen (secondary N) is 1. The third-order valence-corrected chi connectivity index (χ3v) is 3.10. The van der Waals surface area contributed by atoms with E-state index in [1.807, 2.05) is 17.8 Å². The summed E-state index contributed by atoms with van der Waals surface area (Å²) in [4.78, 5) is 22.4. The maximum absolute atomic E-state index is 11.2. The second-order valence-electron chi connectivity index (χ2n) is 3.34. The van der Waals surface area contributed by atoms with E-state index >= 15 is 0 Å².